The molecule has 0 bridgehead atoms. The van der Waals surface area contributed by atoms with E-state index in [1.807, 2.05) is 0 Å². The quantitative estimate of drug-likeness (QED) is 0.593. The summed E-state index contributed by atoms with van der Waals surface area (Å²) in [7, 11) is 2.05. The van der Waals surface area contributed by atoms with Gasteiger partial charge in [-0.1, -0.05) is 18.2 Å². The summed E-state index contributed by atoms with van der Waals surface area (Å²) in [5.74, 6) is 0. The zero-order valence-corrected chi connectivity index (χ0v) is 7.33. The van der Waals surface area contributed by atoms with Gasteiger partial charge >= 0.3 is 0 Å². The number of hydrogen-bond donors (Lipinski definition) is 0. The fourth-order valence-corrected chi connectivity index (χ4v) is 1.50. The standard InChI is InChI=1S/C11H13N/c1-12-8-7-11(9-12)10-5-3-2-4-6-10/h3,5-9H,2,4H2,1H3. The Labute approximate surface area is 73.0 Å². The Morgan fingerprint density at radius 3 is 2.83 bits per heavy atom. The molecule has 1 nitrogen and oxygen atoms in total. The molecule has 0 amide bonds. The molecule has 0 unspecified atom stereocenters. The molecule has 0 fully saturated rings. The Hall–Kier alpha value is -1.24. The lowest BCUT2D eigenvalue weighted by molar-refractivity contribution is 0.926. The molecule has 2 rings (SSSR count). The molecule has 62 valence electrons. The van der Waals surface area contributed by atoms with Crippen molar-refractivity contribution in [2.75, 3.05) is 0 Å². The fraction of sp³-hybridized carbons (Fsp3) is 0.273. The first-order valence-corrected chi connectivity index (χ1v) is 4.35. The van der Waals surface area contributed by atoms with Crippen molar-refractivity contribution in [1.29, 1.82) is 0 Å². The number of aryl methyl sites for hydroxylation is 1. The topological polar surface area (TPSA) is 4.93 Å². The molecule has 1 aromatic heterocycles. The molecule has 0 radical (unpaired) electrons. The van der Waals surface area contributed by atoms with Crippen LogP contribution in [0.3, 0.4) is 0 Å². The average molecular weight is 159 g/mol. The van der Waals surface area contributed by atoms with Crippen molar-refractivity contribution in [3.63, 3.8) is 0 Å². The Morgan fingerprint density at radius 1 is 1.33 bits per heavy atom. The van der Waals surface area contributed by atoms with Crippen molar-refractivity contribution in [1.82, 2.24) is 4.57 Å². The van der Waals surface area contributed by atoms with Crippen LogP contribution in [-0.4, -0.2) is 4.57 Å². The van der Waals surface area contributed by atoms with Crippen molar-refractivity contribution < 1.29 is 0 Å². The van der Waals surface area contributed by atoms with Gasteiger partial charge in [-0.3, -0.25) is 0 Å². The smallest absolute Gasteiger partial charge is 0.0110 e. The molecule has 0 saturated heterocycles. The van der Waals surface area contributed by atoms with E-state index in [9.17, 15) is 0 Å². The van der Waals surface area contributed by atoms with Crippen LogP contribution in [0.15, 0.2) is 36.7 Å². The van der Waals surface area contributed by atoms with Crippen LogP contribution in [0, 0.1) is 0 Å². The van der Waals surface area contributed by atoms with Crippen LogP contribution in [0.1, 0.15) is 18.4 Å². The Morgan fingerprint density at radius 2 is 2.25 bits per heavy atom. The molecule has 1 heterocycles. The van der Waals surface area contributed by atoms with Crippen LogP contribution in [0.25, 0.3) is 5.57 Å². The van der Waals surface area contributed by atoms with E-state index in [0.29, 0.717) is 0 Å². The predicted octanol–water partition coefficient (Wildman–Crippen LogP) is 2.76. The van der Waals surface area contributed by atoms with Gasteiger partial charge in [-0.25, -0.2) is 0 Å². The van der Waals surface area contributed by atoms with Crippen molar-refractivity contribution >= 4 is 5.57 Å². The zero-order valence-electron chi connectivity index (χ0n) is 7.33. The highest BCUT2D eigenvalue weighted by atomic mass is 14.9. The van der Waals surface area contributed by atoms with Gasteiger partial charge in [0.15, 0.2) is 0 Å². The summed E-state index contributed by atoms with van der Waals surface area (Å²) in [6, 6.07) is 2.15. The molecular formula is C11H13N. The van der Waals surface area contributed by atoms with Gasteiger partial charge in [-0.15, -0.1) is 0 Å². The van der Waals surface area contributed by atoms with Gasteiger partial charge in [0.2, 0.25) is 0 Å². The Bertz CT molecular complexity index is 329. The predicted molar refractivity (Wildman–Crippen MR) is 51.8 cm³/mol. The van der Waals surface area contributed by atoms with Crippen molar-refractivity contribution in [3.05, 3.63) is 42.3 Å². The van der Waals surface area contributed by atoms with Gasteiger partial charge in [-0.05, 0) is 30.0 Å². The molecule has 0 spiro atoms. The first-order valence-electron chi connectivity index (χ1n) is 4.35. The first-order chi connectivity index (χ1) is 5.86. The third-order valence-electron chi connectivity index (χ3n) is 2.16. The highest BCUT2D eigenvalue weighted by Crippen LogP contribution is 2.20. The SMILES string of the molecule is Cn1ccc(C2=CCCC=C2)c1. The van der Waals surface area contributed by atoms with E-state index in [-0.39, 0.29) is 0 Å². The lowest BCUT2D eigenvalue weighted by atomic mass is 10.0. The lowest BCUT2D eigenvalue weighted by Gasteiger charge is -2.03. The number of hydrogen-bond acceptors (Lipinski definition) is 0. The molecule has 1 heteroatoms. The molecular weight excluding hydrogens is 146 g/mol. The third kappa shape index (κ3) is 1.35. The minimum Gasteiger partial charge on any atom is -0.357 e. The van der Waals surface area contributed by atoms with Gasteiger partial charge in [0.25, 0.3) is 0 Å². The van der Waals surface area contributed by atoms with E-state index in [1.54, 1.807) is 0 Å². The van der Waals surface area contributed by atoms with Crippen LogP contribution < -0.4 is 0 Å². The molecule has 1 aliphatic rings. The lowest BCUT2D eigenvalue weighted by Crippen LogP contribution is -1.84. The van der Waals surface area contributed by atoms with E-state index < -0.39 is 0 Å². The molecule has 0 aliphatic heterocycles. The number of aromatic nitrogens is 1. The summed E-state index contributed by atoms with van der Waals surface area (Å²) < 4.78 is 2.08. The second-order valence-electron chi connectivity index (χ2n) is 3.20. The average Bonchev–Trinajstić information content (AvgIpc) is 2.54. The molecule has 0 saturated carbocycles. The van der Waals surface area contributed by atoms with Crippen LogP contribution in [0.4, 0.5) is 0 Å². The largest absolute Gasteiger partial charge is 0.357 e. The highest BCUT2D eigenvalue weighted by Gasteiger charge is 2.00. The number of nitrogens with zero attached hydrogens (tertiary/aromatic N) is 1. The number of rotatable bonds is 1. The van der Waals surface area contributed by atoms with E-state index in [2.05, 4.69) is 48.3 Å². The monoisotopic (exact) mass is 159 g/mol. The van der Waals surface area contributed by atoms with E-state index in [1.165, 1.54) is 24.0 Å². The van der Waals surface area contributed by atoms with Gasteiger partial charge in [0.05, 0.1) is 0 Å². The van der Waals surface area contributed by atoms with Crippen LogP contribution in [-0.2, 0) is 7.05 Å². The van der Waals surface area contributed by atoms with Crippen LogP contribution in [0.2, 0.25) is 0 Å². The zero-order chi connectivity index (χ0) is 8.39. The van der Waals surface area contributed by atoms with Gasteiger partial charge in [0, 0.05) is 19.4 Å². The maximum absolute atomic E-state index is 2.30. The van der Waals surface area contributed by atoms with Crippen molar-refractivity contribution in [2.24, 2.45) is 7.05 Å². The Kier molecular flexibility index (Phi) is 1.86. The second kappa shape index (κ2) is 3.02. The van der Waals surface area contributed by atoms with Gasteiger partial charge in [-0.2, -0.15) is 0 Å². The second-order valence-corrected chi connectivity index (χ2v) is 3.20. The van der Waals surface area contributed by atoms with Crippen LogP contribution in [0.5, 0.6) is 0 Å². The van der Waals surface area contributed by atoms with E-state index in [4.69, 9.17) is 0 Å². The van der Waals surface area contributed by atoms with Gasteiger partial charge in [0.1, 0.15) is 0 Å². The first kappa shape index (κ1) is 7.41. The summed E-state index contributed by atoms with van der Waals surface area (Å²) in [6.07, 6.45) is 13.4. The summed E-state index contributed by atoms with van der Waals surface area (Å²) in [5.41, 5.74) is 2.69. The summed E-state index contributed by atoms with van der Waals surface area (Å²) in [4.78, 5) is 0. The molecule has 0 aromatic carbocycles. The molecule has 0 atom stereocenters. The summed E-state index contributed by atoms with van der Waals surface area (Å²) >= 11 is 0. The molecule has 12 heavy (non-hydrogen) atoms. The summed E-state index contributed by atoms with van der Waals surface area (Å²) in [5, 5.41) is 0. The Balaban J connectivity index is 2.30. The van der Waals surface area contributed by atoms with Crippen molar-refractivity contribution in [3.8, 4) is 0 Å². The van der Waals surface area contributed by atoms with E-state index in [0.717, 1.165) is 0 Å². The molecule has 1 aromatic rings. The number of allylic oxidation sites excluding steroid dienone is 4. The minimum atomic E-state index is 1.18. The maximum Gasteiger partial charge on any atom is 0.0110 e. The normalized spacial score (nSPS) is 16.2. The highest BCUT2D eigenvalue weighted by molar-refractivity contribution is 5.74. The van der Waals surface area contributed by atoms with Crippen LogP contribution >= 0.6 is 0 Å². The molecule has 0 N–H and O–H groups in total. The minimum absolute atomic E-state index is 1.18. The fourth-order valence-electron chi connectivity index (χ4n) is 1.50. The maximum atomic E-state index is 2.30. The van der Waals surface area contributed by atoms with Gasteiger partial charge < -0.3 is 4.57 Å². The van der Waals surface area contributed by atoms with Crippen molar-refractivity contribution in [2.45, 2.75) is 12.8 Å². The summed E-state index contributed by atoms with van der Waals surface area (Å²) in [6.45, 7) is 0. The third-order valence-corrected chi connectivity index (χ3v) is 2.16. The molecule has 1 aliphatic carbocycles. The van der Waals surface area contributed by atoms with E-state index >= 15 is 0 Å².